The number of hydrogen-bond donors (Lipinski definition) is 2. The number of carbonyl (C=O) groups excluding carboxylic acids is 1. The van der Waals surface area contributed by atoms with E-state index in [4.69, 9.17) is 9.84 Å². The molecule has 1 amide bonds. The number of amides is 1. The highest BCUT2D eigenvalue weighted by atomic mass is 16.5. The zero-order valence-electron chi connectivity index (χ0n) is 12.3. The lowest BCUT2D eigenvalue weighted by Gasteiger charge is -2.28. The second-order valence-corrected chi connectivity index (χ2v) is 4.95. The van der Waals surface area contributed by atoms with E-state index in [0.29, 0.717) is 6.42 Å². The smallest absolute Gasteiger partial charge is 0.244 e. The van der Waals surface area contributed by atoms with E-state index in [1.165, 1.54) is 6.08 Å². The number of rotatable bonds is 7. The summed E-state index contributed by atoms with van der Waals surface area (Å²) in [6.07, 6.45) is 4.52. The van der Waals surface area contributed by atoms with Crippen LogP contribution >= 0.6 is 0 Å². The van der Waals surface area contributed by atoms with Crippen LogP contribution in [0, 0.1) is 0 Å². The molecule has 20 heavy (non-hydrogen) atoms. The Labute approximate surface area is 120 Å². The van der Waals surface area contributed by atoms with Gasteiger partial charge in [-0.25, -0.2) is 0 Å². The van der Waals surface area contributed by atoms with Gasteiger partial charge in [-0.3, -0.25) is 4.79 Å². The molecule has 0 bridgehead atoms. The first-order valence-corrected chi connectivity index (χ1v) is 6.78. The van der Waals surface area contributed by atoms with Crippen molar-refractivity contribution >= 4 is 12.0 Å². The van der Waals surface area contributed by atoms with Gasteiger partial charge in [0.25, 0.3) is 0 Å². The maximum absolute atomic E-state index is 11.9. The first-order valence-electron chi connectivity index (χ1n) is 6.78. The molecule has 0 heterocycles. The number of hydrogen-bond acceptors (Lipinski definition) is 3. The van der Waals surface area contributed by atoms with Crippen LogP contribution in [0.5, 0.6) is 5.75 Å². The summed E-state index contributed by atoms with van der Waals surface area (Å²) >= 11 is 0. The molecule has 0 aliphatic heterocycles. The summed E-state index contributed by atoms with van der Waals surface area (Å²) in [6, 6.07) is 7.50. The molecule has 0 fully saturated rings. The second-order valence-electron chi connectivity index (χ2n) is 4.95. The molecule has 1 aromatic rings. The summed E-state index contributed by atoms with van der Waals surface area (Å²) in [5, 5.41) is 12.0. The lowest BCUT2D eigenvalue weighted by atomic mass is 9.95. The number of nitrogens with one attached hydrogen (secondary N) is 1. The topological polar surface area (TPSA) is 58.6 Å². The molecular formula is C16H23NO3. The Kier molecular flexibility index (Phi) is 6.25. The summed E-state index contributed by atoms with van der Waals surface area (Å²) in [5.41, 5.74) is 0.474. The number of ether oxygens (including phenoxy) is 1. The summed E-state index contributed by atoms with van der Waals surface area (Å²) in [7, 11) is 1.60. The van der Waals surface area contributed by atoms with Crippen molar-refractivity contribution in [3.8, 4) is 5.75 Å². The third kappa shape index (κ3) is 4.70. The minimum atomic E-state index is -0.378. The van der Waals surface area contributed by atoms with Crippen LogP contribution in [0.1, 0.15) is 32.3 Å². The third-order valence-corrected chi connectivity index (χ3v) is 3.42. The highest BCUT2D eigenvalue weighted by Crippen LogP contribution is 2.19. The average Bonchev–Trinajstić information content (AvgIpc) is 2.45. The van der Waals surface area contributed by atoms with Crippen molar-refractivity contribution in [3.63, 3.8) is 0 Å². The van der Waals surface area contributed by atoms with E-state index in [0.717, 1.165) is 17.7 Å². The van der Waals surface area contributed by atoms with Gasteiger partial charge in [0.1, 0.15) is 5.75 Å². The van der Waals surface area contributed by atoms with E-state index >= 15 is 0 Å². The van der Waals surface area contributed by atoms with E-state index in [1.807, 2.05) is 38.1 Å². The lowest BCUT2D eigenvalue weighted by Crippen LogP contribution is -2.45. The summed E-state index contributed by atoms with van der Waals surface area (Å²) in [4.78, 5) is 11.9. The van der Waals surface area contributed by atoms with Crippen LogP contribution in [-0.4, -0.2) is 30.3 Å². The van der Waals surface area contributed by atoms with Crippen molar-refractivity contribution in [1.82, 2.24) is 5.32 Å². The zero-order chi connectivity index (χ0) is 15.0. The van der Waals surface area contributed by atoms with Gasteiger partial charge in [0.05, 0.1) is 7.11 Å². The van der Waals surface area contributed by atoms with Gasteiger partial charge in [-0.1, -0.05) is 25.1 Å². The Balaban J connectivity index is 2.72. The Bertz CT molecular complexity index is 471. The number of aliphatic hydroxyl groups is 1. The number of aliphatic hydroxyl groups excluding tert-OH is 1. The molecule has 0 saturated carbocycles. The predicted molar refractivity (Wildman–Crippen MR) is 80.6 cm³/mol. The molecule has 1 aromatic carbocycles. The fraction of sp³-hybridized carbons (Fsp3) is 0.438. The van der Waals surface area contributed by atoms with Gasteiger partial charge in [0, 0.05) is 23.8 Å². The van der Waals surface area contributed by atoms with Crippen molar-refractivity contribution in [3.05, 3.63) is 35.9 Å². The van der Waals surface area contributed by atoms with E-state index in [-0.39, 0.29) is 18.1 Å². The first-order chi connectivity index (χ1) is 9.54. The highest BCUT2D eigenvalue weighted by Gasteiger charge is 2.22. The Morgan fingerprint density at radius 2 is 2.15 bits per heavy atom. The summed E-state index contributed by atoms with van der Waals surface area (Å²) in [5.74, 6) is 0.555. The van der Waals surface area contributed by atoms with Crippen LogP contribution in [0.2, 0.25) is 0 Å². The zero-order valence-corrected chi connectivity index (χ0v) is 12.3. The second kappa shape index (κ2) is 7.70. The van der Waals surface area contributed by atoms with Crippen LogP contribution in [0.25, 0.3) is 6.08 Å². The molecule has 4 heteroatoms. The molecule has 0 saturated heterocycles. The number of carbonyl (C=O) groups is 1. The normalized spacial score (nSPS) is 14.0. The molecule has 110 valence electrons. The standard InChI is InChI=1S/C16H23NO3/c1-4-16(2,11-12-18)17-15(19)10-9-13-7-5-6-8-14(13)20-3/h5-10,18H,4,11-12H2,1-3H3,(H,17,19)/b10-9+. The molecule has 0 aliphatic carbocycles. The fourth-order valence-electron chi connectivity index (χ4n) is 1.88. The molecule has 0 aliphatic rings. The van der Waals surface area contributed by atoms with Gasteiger partial charge in [0.15, 0.2) is 0 Å². The van der Waals surface area contributed by atoms with Gasteiger partial charge >= 0.3 is 0 Å². The molecular weight excluding hydrogens is 254 g/mol. The van der Waals surface area contributed by atoms with Crippen LogP contribution in [0.15, 0.2) is 30.3 Å². The van der Waals surface area contributed by atoms with Crippen LogP contribution in [0.4, 0.5) is 0 Å². The molecule has 4 nitrogen and oxygen atoms in total. The summed E-state index contributed by atoms with van der Waals surface area (Å²) < 4.78 is 5.22. The SMILES string of the molecule is CCC(C)(CCO)NC(=O)/C=C/c1ccccc1OC. The van der Waals surface area contributed by atoms with Crippen LogP contribution in [-0.2, 0) is 4.79 Å². The highest BCUT2D eigenvalue weighted by molar-refractivity contribution is 5.92. The summed E-state index contributed by atoms with van der Waals surface area (Å²) in [6.45, 7) is 3.97. The molecule has 1 atom stereocenters. The molecule has 0 aromatic heterocycles. The number of methoxy groups -OCH3 is 1. The van der Waals surface area contributed by atoms with Gasteiger partial charge in [-0.2, -0.15) is 0 Å². The largest absolute Gasteiger partial charge is 0.496 e. The van der Waals surface area contributed by atoms with Crippen LogP contribution in [0.3, 0.4) is 0 Å². The Morgan fingerprint density at radius 3 is 2.75 bits per heavy atom. The van der Waals surface area contributed by atoms with E-state index in [1.54, 1.807) is 13.2 Å². The van der Waals surface area contributed by atoms with E-state index in [2.05, 4.69) is 5.32 Å². The predicted octanol–water partition coefficient (Wildman–Crippen LogP) is 2.38. The number of benzene rings is 1. The minimum absolute atomic E-state index is 0.0564. The molecule has 2 N–H and O–H groups in total. The van der Waals surface area contributed by atoms with Gasteiger partial charge in [-0.05, 0) is 31.9 Å². The monoisotopic (exact) mass is 277 g/mol. The van der Waals surface area contributed by atoms with E-state index in [9.17, 15) is 4.79 Å². The third-order valence-electron chi connectivity index (χ3n) is 3.42. The Hall–Kier alpha value is -1.81. The van der Waals surface area contributed by atoms with Crippen molar-refractivity contribution in [2.75, 3.05) is 13.7 Å². The molecule has 0 radical (unpaired) electrons. The van der Waals surface area contributed by atoms with Crippen molar-refractivity contribution in [2.45, 2.75) is 32.2 Å². The fourth-order valence-corrected chi connectivity index (χ4v) is 1.88. The average molecular weight is 277 g/mol. The van der Waals surface area contributed by atoms with Gasteiger partial charge in [0.2, 0.25) is 5.91 Å². The first kappa shape index (κ1) is 16.2. The molecule has 1 rings (SSSR count). The van der Waals surface area contributed by atoms with E-state index < -0.39 is 0 Å². The van der Waals surface area contributed by atoms with Crippen LogP contribution < -0.4 is 10.1 Å². The van der Waals surface area contributed by atoms with Gasteiger partial charge < -0.3 is 15.2 Å². The Morgan fingerprint density at radius 1 is 1.45 bits per heavy atom. The van der Waals surface area contributed by atoms with Crippen molar-refractivity contribution in [1.29, 1.82) is 0 Å². The quantitative estimate of drug-likeness (QED) is 0.752. The van der Waals surface area contributed by atoms with Gasteiger partial charge in [-0.15, -0.1) is 0 Å². The maximum atomic E-state index is 11.9. The maximum Gasteiger partial charge on any atom is 0.244 e. The lowest BCUT2D eigenvalue weighted by molar-refractivity contribution is -0.118. The molecule has 0 spiro atoms. The molecule has 1 unspecified atom stereocenters. The number of para-hydroxylation sites is 1. The van der Waals surface area contributed by atoms with Crippen molar-refractivity contribution < 1.29 is 14.6 Å². The minimum Gasteiger partial charge on any atom is -0.496 e. The van der Waals surface area contributed by atoms with Crippen molar-refractivity contribution in [2.24, 2.45) is 0 Å².